The maximum atomic E-state index is 13.3. The number of hydrogen-bond acceptors (Lipinski definition) is 7. The summed E-state index contributed by atoms with van der Waals surface area (Å²) >= 11 is 1.40. The molecule has 1 saturated heterocycles. The minimum Gasteiger partial charge on any atom is -0.496 e. The predicted octanol–water partition coefficient (Wildman–Crippen LogP) is 5.50. The Hall–Kier alpha value is -3.75. The van der Waals surface area contributed by atoms with Crippen LogP contribution in [0, 0.1) is 0 Å². The number of fused-ring (bicyclic) bond motifs is 1. The molecule has 3 aromatic carbocycles. The molecule has 1 N–H and O–H groups in total. The lowest BCUT2D eigenvalue weighted by molar-refractivity contribution is 0.103. The number of methoxy groups -OCH3 is 3. The molecule has 2 heterocycles. The van der Waals surface area contributed by atoms with E-state index in [0.29, 0.717) is 4.88 Å². The lowest BCUT2D eigenvalue weighted by Crippen LogP contribution is -2.46. The standard InChI is InChI=1S/C29H31N3O4S/c1-34-24-12-13-26(36-3)28-21(24)18-27(37-28)29(33)30-22-9-5-4-8-20(22)19-31-14-16-32(17-15-31)23-10-6-7-11-25(23)35-2/h4-13,18H,14-17,19H2,1-3H3,(H,30,33). The van der Waals surface area contributed by atoms with Crippen LogP contribution in [0.5, 0.6) is 17.2 Å². The maximum Gasteiger partial charge on any atom is 0.265 e. The summed E-state index contributed by atoms with van der Waals surface area (Å²) in [7, 11) is 4.98. The number of piperazine rings is 1. The monoisotopic (exact) mass is 517 g/mol. The van der Waals surface area contributed by atoms with E-state index in [1.54, 1.807) is 21.3 Å². The van der Waals surface area contributed by atoms with Crippen LogP contribution in [0.4, 0.5) is 11.4 Å². The number of anilines is 2. The Balaban J connectivity index is 1.28. The van der Waals surface area contributed by atoms with E-state index in [1.165, 1.54) is 11.3 Å². The molecule has 0 saturated carbocycles. The molecule has 192 valence electrons. The summed E-state index contributed by atoms with van der Waals surface area (Å²) in [5, 5.41) is 4.01. The van der Waals surface area contributed by atoms with Gasteiger partial charge in [-0.05, 0) is 42.0 Å². The summed E-state index contributed by atoms with van der Waals surface area (Å²) in [6, 6.07) is 21.8. The van der Waals surface area contributed by atoms with Crippen molar-refractivity contribution in [3.8, 4) is 17.2 Å². The molecule has 0 atom stereocenters. The van der Waals surface area contributed by atoms with E-state index >= 15 is 0 Å². The first-order valence-electron chi connectivity index (χ1n) is 12.3. The number of thiophene rings is 1. The van der Waals surface area contributed by atoms with Gasteiger partial charge in [-0.2, -0.15) is 0 Å². The zero-order valence-electron chi connectivity index (χ0n) is 21.3. The minimum atomic E-state index is -0.140. The molecule has 37 heavy (non-hydrogen) atoms. The third-order valence-corrected chi connectivity index (χ3v) is 7.88. The number of para-hydroxylation sites is 3. The third kappa shape index (κ3) is 5.21. The van der Waals surface area contributed by atoms with Gasteiger partial charge in [-0.25, -0.2) is 0 Å². The van der Waals surface area contributed by atoms with E-state index < -0.39 is 0 Å². The average Bonchev–Trinajstić information content (AvgIpc) is 3.40. The van der Waals surface area contributed by atoms with Crippen LogP contribution < -0.4 is 24.4 Å². The lowest BCUT2D eigenvalue weighted by atomic mass is 10.1. The van der Waals surface area contributed by atoms with E-state index in [-0.39, 0.29) is 5.91 Å². The molecule has 8 heteroatoms. The first-order chi connectivity index (χ1) is 18.1. The molecule has 0 aliphatic carbocycles. The van der Waals surface area contributed by atoms with Crippen LogP contribution in [-0.2, 0) is 6.54 Å². The fourth-order valence-electron chi connectivity index (χ4n) is 4.77. The van der Waals surface area contributed by atoms with Gasteiger partial charge >= 0.3 is 0 Å². The molecular formula is C29H31N3O4S. The van der Waals surface area contributed by atoms with Crippen molar-refractivity contribution in [2.75, 3.05) is 57.7 Å². The van der Waals surface area contributed by atoms with Crippen molar-refractivity contribution in [1.82, 2.24) is 4.90 Å². The highest BCUT2D eigenvalue weighted by molar-refractivity contribution is 7.21. The summed E-state index contributed by atoms with van der Waals surface area (Å²) in [6.45, 7) is 4.46. The van der Waals surface area contributed by atoms with Crippen LogP contribution >= 0.6 is 11.3 Å². The Labute approximate surface area is 221 Å². The largest absolute Gasteiger partial charge is 0.496 e. The highest BCUT2D eigenvalue weighted by Crippen LogP contribution is 2.39. The summed E-state index contributed by atoms with van der Waals surface area (Å²) < 4.78 is 17.4. The Morgan fingerprint density at radius 1 is 0.838 bits per heavy atom. The summed E-state index contributed by atoms with van der Waals surface area (Å²) in [4.78, 5) is 18.7. The Kier molecular flexibility index (Phi) is 7.48. The highest BCUT2D eigenvalue weighted by Gasteiger charge is 2.21. The molecule has 0 bridgehead atoms. The van der Waals surface area contributed by atoms with Gasteiger partial charge in [0.2, 0.25) is 0 Å². The van der Waals surface area contributed by atoms with Gasteiger partial charge in [-0.15, -0.1) is 11.3 Å². The quantitative estimate of drug-likeness (QED) is 0.333. The van der Waals surface area contributed by atoms with Crippen molar-refractivity contribution >= 4 is 38.7 Å². The van der Waals surface area contributed by atoms with Gasteiger partial charge in [-0.1, -0.05) is 30.3 Å². The van der Waals surface area contributed by atoms with E-state index in [0.717, 1.165) is 77.0 Å². The van der Waals surface area contributed by atoms with Crippen molar-refractivity contribution < 1.29 is 19.0 Å². The molecule has 1 fully saturated rings. The number of hydrogen-bond donors (Lipinski definition) is 1. The number of benzene rings is 3. The van der Waals surface area contributed by atoms with Gasteiger partial charge < -0.3 is 24.4 Å². The van der Waals surface area contributed by atoms with Crippen LogP contribution in [0.3, 0.4) is 0 Å². The van der Waals surface area contributed by atoms with Gasteiger partial charge in [0.25, 0.3) is 5.91 Å². The van der Waals surface area contributed by atoms with E-state index in [4.69, 9.17) is 14.2 Å². The molecule has 0 spiro atoms. The molecule has 1 aliphatic rings. The Morgan fingerprint density at radius 2 is 1.51 bits per heavy atom. The molecule has 1 aromatic heterocycles. The van der Waals surface area contributed by atoms with Crippen LogP contribution in [0.15, 0.2) is 66.7 Å². The van der Waals surface area contributed by atoms with Gasteiger partial charge in [0.15, 0.2) is 0 Å². The second kappa shape index (κ2) is 11.1. The molecule has 0 unspecified atom stereocenters. The summed E-state index contributed by atoms with van der Waals surface area (Å²) in [5.74, 6) is 2.21. The summed E-state index contributed by atoms with van der Waals surface area (Å²) in [6.07, 6.45) is 0. The number of nitrogens with one attached hydrogen (secondary N) is 1. The fourth-order valence-corrected chi connectivity index (χ4v) is 5.83. The minimum absolute atomic E-state index is 0.140. The highest BCUT2D eigenvalue weighted by atomic mass is 32.1. The third-order valence-electron chi connectivity index (χ3n) is 6.73. The zero-order chi connectivity index (χ0) is 25.8. The average molecular weight is 518 g/mol. The van der Waals surface area contributed by atoms with Crippen molar-refractivity contribution in [2.45, 2.75) is 6.54 Å². The fraction of sp³-hybridized carbons (Fsp3) is 0.276. The zero-order valence-corrected chi connectivity index (χ0v) is 22.1. The smallest absolute Gasteiger partial charge is 0.265 e. The number of nitrogens with zero attached hydrogens (tertiary/aromatic N) is 2. The Bertz CT molecular complexity index is 1350. The molecule has 5 rings (SSSR count). The second-order valence-electron chi connectivity index (χ2n) is 8.87. The van der Waals surface area contributed by atoms with Crippen LogP contribution in [0.25, 0.3) is 10.1 Å². The molecular weight excluding hydrogens is 486 g/mol. The molecule has 4 aromatic rings. The van der Waals surface area contributed by atoms with E-state index in [9.17, 15) is 4.79 Å². The van der Waals surface area contributed by atoms with Gasteiger partial charge in [0.1, 0.15) is 17.2 Å². The van der Waals surface area contributed by atoms with E-state index in [2.05, 4.69) is 27.2 Å². The summed E-state index contributed by atoms with van der Waals surface area (Å²) in [5.41, 5.74) is 3.06. The normalized spacial score (nSPS) is 14.0. The van der Waals surface area contributed by atoms with Gasteiger partial charge in [0.05, 0.1) is 36.6 Å². The van der Waals surface area contributed by atoms with Crippen molar-refractivity contribution in [3.05, 3.63) is 77.2 Å². The lowest BCUT2D eigenvalue weighted by Gasteiger charge is -2.36. The van der Waals surface area contributed by atoms with Crippen LogP contribution in [-0.4, -0.2) is 58.3 Å². The van der Waals surface area contributed by atoms with Gasteiger partial charge in [-0.3, -0.25) is 9.69 Å². The molecule has 1 aliphatic heterocycles. The number of ether oxygens (including phenoxy) is 3. The van der Waals surface area contributed by atoms with Crippen LogP contribution in [0.1, 0.15) is 15.2 Å². The SMILES string of the molecule is COc1ccccc1N1CCN(Cc2ccccc2NC(=O)c2cc3c(OC)ccc(OC)c3s2)CC1. The van der Waals surface area contributed by atoms with Crippen molar-refractivity contribution in [1.29, 1.82) is 0 Å². The number of carbonyl (C=O) groups excluding carboxylic acids is 1. The van der Waals surface area contributed by atoms with Crippen molar-refractivity contribution in [3.63, 3.8) is 0 Å². The molecule has 1 amide bonds. The predicted molar refractivity (Wildman–Crippen MR) is 150 cm³/mol. The second-order valence-corrected chi connectivity index (χ2v) is 9.92. The number of rotatable bonds is 8. The maximum absolute atomic E-state index is 13.3. The first-order valence-corrected chi connectivity index (χ1v) is 13.1. The number of carbonyl (C=O) groups is 1. The van der Waals surface area contributed by atoms with E-state index in [1.807, 2.05) is 54.6 Å². The first kappa shape index (κ1) is 24.9. The number of amides is 1. The molecule has 7 nitrogen and oxygen atoms in total. The Morgan fingerprint density at radius 3 is 2.27 bits per heavy atom. The van der Waals surface area contributed by atoms with Crippen LogP contribution in [0.2, 0.25) is 0 Å². The molecule has 0 radical (unpaired) electrons. The van der Waals surface area contributed by atoms with Gasteiger partial charge in [0, 0.05) is 43.8 Å². The van der Waals surface area contributed by atoms with Crippen molar-refractivity contribution in [2.24, 2.45) is 0 Å². The topological polar surface area (TPSA) is 63.3 Å².